The molecule has 1 saturated carbocycles. The summed E-state index contributed by atoms with van der Waals surface area (Å²) in [6.07, 6.45) is 12.3. The monoisotopic (exact) mass is 364 g/mol. The SMILES string of the molecule is CCCCC[C@@H]1CCC[C@H](c2ccc(-c3ccc(C(=O)O)cc3)cc2)CC1. The summed E-state index contributed by atoms with van der Waals surface area (Å²) < 4.78 is 0. The Labute approximate surface area is 163 Å². The summed E-state index contributed by atoms with van der Waals surface area (Å²) in [6, 6.07) is 16.1. The number of aromatic carboxylic acids is 1. The Kier molecular flexibility index (Phi) is 7.09. The second-order valence-electron chi connectivity index (χ2n) is 8.07. The van der Waals surface area contributed by atoms with Gasteiger partial charge >= 0.3 is 5.97 Å². The normalized spacial score (nSPS) is 20.2. The van der Waals surface area contributed by atoms with Crippen molar-refractivity contribution in [1.82, 2.24) is 0 Å². The largest absolute Gasteiger partial charge is 0.478 e. The third-order valence-electron chi connectivity index (χ3n) is 6.15. The molecule has 0 saturated heterocycles. The molecule has 27 heavy (non-hydrogen) atoms. The van der Waals surface area contributed by atoms with Crippen molar-refractivity contribution >= 4 is 5.97 Å². The van der Waals surface area contributed by atoms with Crippen molar-refractivity contribution in [3.8, 4) is 11.1 Å². The van der Waals surface area contributed by atoms with Crippen LogP contribution in [0, 0.1) is 5.92 Å². The number of hydrogen-bond donors (Lipinski definition) is 1. The maximum absolute atomic E-state index is 11.0. The number of carboxylic acids is 1. The Bertz CT molecular complexity index is 715. The second kappa shape index (κ2) is 9.73. The van der Waals surface area contributed by atoms with Crippen LogP contribution in [0.2, 0.25) is 0 Å². The van der Waals surface area contributed by atoms with Crippen LogP contribution >= 0.6 is 0 Å². The first-order valence-electron chi connectivity index (χ1n) is 10.6. The molecule has 1 N–H and O–H groups in total. The molecule has 0 heterocycles. The van der Waals surface area contributed by atoms with Gasteiger partial charge in [-0.3, -0.25) is 0 Å². The predicted octanol–water partition coefficient (Wildman–Crippen LogP) is 7.30. The molecule has 2 aromatic rings. The van der Waals surface area contributed by atoms with Gasteiger partial charge in [-0.05, 0) is 59.9 Å². The zero-order valence-corrected chi connectivity index (χ0v) is 16.5. The standard InChI is InChI=1S/C25H32O2/c1-2-3-4-6-19-7-5-8-20(10-9-19)21-11-13-22(14-12-21)23-15-17-24(18-16-23)25(26)27/h11-20H,2-10H2,1H3,(H,26,27)/t19-,20+/m1/s1. The number of rotatable bonds is 7. The molecule has 1 fully saturated rings. The molecule has 3 rings (SSSR count). The Hall–Kier alpha value is -2.09. The van der Waals surface area contributed by atoms with E-state index < -0.39 is 5.97 Å². The Morgan fingerprint density at radius 3 is 2.19 bits per heavy atom. The molecule has 0 radical (unpaired) electrons. The minimum absolute atomic E-state index is 0.335. The second-order valence-corrected chi connectivity index (χ2v) is 8.07. The highest BCUT2D eigenvalue weighted by Crippen LogP contribution is 2.36. The van der Waals surface area contributed by atoms with Crippen molar-refractivity contribution in [2.24, 2.45) is 5.92 Å². The van der Waals surface area contributed by atoms with Crippen molar-refractivity contribution < 1.29 is 9.90 Å². The van der Waals surface area contributed by atoms with Gasteiger partial charge in [-0.25, -0.2) is 4.79 Å². The maximum atomic E-state index is 11.0. The van der Waals surface area contributed by atoms with Gasteiger partial charge in [-0.15, -0.1) is 0 Å². The minimum atomic E-state index is -0.877. The molecular formula is C25H32O2. The van der Waals surface area contributed by atoms with E-state index in [2.05, 4.69) is 31.2 Å². The van der Waals surface area contributed by atoms with E-state index in [9.17, 15) is 4.79 Å². The first-order valence-corrected chi connectivity index (χ1v) is 10.6. The number of carbonyl (C=O) groups is 1. The molecule has 1 aliphatic rings. The number of carboxylic acid groups (broad SMARTS) is 1. The lowest BCUT2D eigenvalue weighted by Crippen LogP contribution is -2.00. The van der Waals surface area contributed by atoms with Crippen molar-refractivity contribution in [2.45, 2.75) is 70.6 Å². The maximum Gasteiger partial charge on any atom is 0.335 e. The third-order valence-corrected chi connectivity index (χ3v) is 6.15. The Morgan fingerprint density at radius 2 is 1.56 bits per heavy atom. The van der Waals surface area contributed by atoms with E-state index in [1.54, 1.807) is 12.1 Å². The van der Waals surface area contributed by atoms with Crippen LogP contribution < -0.4 is 0 Å². The summed E-state index contributed by atoms with van der Waals surface area (Å²) in [5.74, 6) is 0.761. The van der Waals surface area contributed by atoms with Crippen LogP contribution in [0.1, 0.15) is 86.6 Å². The van der Waals surface area contributed by atoms with Crippen LogP contribution in [0.4, 0.5) is 0 Å². The van der Waals surface area contributed by atoms with E-state index >= 15 is 0 Å². The van der Waals surface area contributed by atoms with Crippen LogP contribution in [0.5, 0.6) is 0 Å². The van der Waals surface area contributed by atoms with Crippen LogP contribution in [0.25, 0.3) is 11.1 Å². The van der Waals surface area contributed by atoms with Gasteiger partial charge in [0, 0.05) is 0 Å². The van der Waals surface area contributed by atoms with E-state index in [4.69, 9.17) is 5.11 Å². The van der Waals surface area contributed by atoms with Gasteiger partial charge in [0.1, 0.15) is 0 Å². The lowest BCUT2D eigenvalue weighted by atomic mass is 9.89. The van der Waals surface area contributed by atoms with Crippen LogP contribution in [-0.4, -0.2) is 11.1 Å². The van der Waals surface area contributed by atoms with Gasteiger partial charge in [0.05, 0.1) is 5.56 Å². The van der Waals surface area contributed by atoms with E-state index in [1.807, 2.05) is 12.1 Å². The molecule has 1 aliphatic carbocycles. The zero-order valence-electron chi connectivity index (χ0n) is 16.5. The summed E-state index contributed by atoms with van der Waals surface area (Å²) in [7, 11) is 0. The van der Waals surface area contributed by atoms with E-state index in [-0.39, 0.29) is 0 Å². The van der Waals surface area contributed by atoms with Gasteiger partial charge in [-0.1, -0.05) is 81.8 Å². The summed E-state index contributed by atoms with van der Waals surface area (Å²) in [5.41, 5.74) is 4.03. The molecule has 0 aliphatic heterocycles. The molecule has 0 bridgehead atoms. The molecule has 0 aromatic heterocycles. The average molecular weight is 365 g/mol. The van der Waals surface area contributed by atoms with Crippen LogP contribution in [0.15, 0.2) is 48.5 Å². The molecule has 2 nitrogen and oxygen atoms in total. The fourth-order valence-electron chi connectivity index (χ4n) is 4.44. The number of hydrogen-bond acceptors (Lipinski definition) is 1. The van der Waals surface area contributed by atoms with Gasteiger partial charge in [0.15, 0.2) is 0 Å². The lowest BCUT2D eigenvalue weighted by Gasteiger charge is -2.16. The molecule has 144 valence electrons. The highest BCUT2D eigenvalue weighted by Gasteiger charge is 2.20. The summed E-state index contributed by atoms with van der Waals surface area (Å²) in [4.78, 5) is 11.0. The van der Waals surface area contributed by atoms with E-state index in [0.717, 1.165) is 17.0 Å². The molecule has 0 spiro atoms. The Balaban J connectivity index is 1.60. The van der Waals surface area contributed by atoms with Crippen LogP contribution in [0.3, 0.4) is 0 Å². The topological polar surface area (TPSA) is 37.3 Å². The van der Waals surface area contributed by atoms with Crippen molar-refractivity contribution in [3.05, 3.63) is 59.7 Å². The molecule has 2 atom stereocenters. The van der Waals surface area contributed by atoms with Crippen molar-refractivity contribution in [2.75, 3.05) is 0 Å². The fourth-order valence-corrected chi connectivity index (χ4v) is 4.44. The number of unbranched alkanes of at least 4 members (excludes halogenated alkanes) is 2. The van der Waals surface area contributed by atoms with Gasteiger partial charge in [0.2, 0.25) is 0 Å². The number of benzene rings is 2. The van der Waals surface area contributed by atoms with Gasteiger partial charge in [0.25, 0.3) is 0 Å². The smallest absolute Gasteiger partial charge is 0.335 e. The van der Waals surface area contributed by atoms with Crippen molar-refractivity contribution in [1.29, 1.82) is 0 Å². The fraction of sp³-hybridized carbons (Fsp3) is 0.480. The molecule has 2 aromatic carbocycles. The van der Waals surface area contributed by atoms with E-state index in [1.165, 1.54) is 63.4 Å². The van der Waals surface area contributed by atoms with E-state index in [0.29, 0.717) is 11.5 Å². The van der Waals surface area contributed by atoms with Gasteiger partial charge in [-0.2, -0.15) is 0 Å². The average Bonchev–Trinajstić information content (AvgIpc) is 2.94. The quantitative estimate of drug-likeness (QED) is 0.413. The third kappa shape index (κ3) is 5.45. The molecule has 0 unspecified atom stereocenters. The Morgan fingerprint density at radius 1 is 0.889 bits per heavy atom. The molecular weight excluding hydrogens is 332 g/mol. The highest BCUT2D eigenvalue weighted by molar-refractivity contribution is 5.88. The highest BCUT2D eigenvalue weighted by atomic mass is 16.4. The van der Waals surface area contributed by atoms with Gasteiger partial charge < -0.3 is 5.11 Å². The lowest BCUT2D eigenvalue weighted by molar-refractivity contribution is 0.0697. The zero-order chi connectivity index (χ0) is 19.1. The molecule has 0 amide bonds. The predicted molar refractivity (Wildman–Crippen MR) is 112 cm³/mol. The summed E-state index contributed by atoms with van der Waals surface area (Å²) in [5, 5.41) is 9.03. The van der Waals surface area contributed by atoms with Crippen molar-refractivity contribution in [3.63, 3.8) is 0 Å². The molecule has 2 heteroatoms. The first-order chi connectivity index (χ1) is 13.2. The summed E-state index contributed by atoms with van der Waals surface area (Å²) in [6.45, 7) is 2.29. The summed E-state index contributed by atoms with van der Waals surface area (Å²) >= 11 is 0. The van der Waals surface area contributed by atoms with Crippen LogP contribution in [-0.2, 0) is 0 Å². The first kappa shape index (κ1) is 19.7. The minimum Gasteiger partial charge on any atom is -0.478 e.